The monoisotopic (exact) mass is 367 g/mol. The number of ether oxygens (including phenoxy) is 1. The molecule has 0 aliphatic heterocycles. The van der Waals surface area contributed by atoms with Crippen LogP contribution >= 0.6 is 0 Å². The second kappa shape index (κ2) is 7.68. The largest absolute Gasteiger partial charge is 0.508 e. The average Bonchev–Trinajstić information content (AvgIpc) is 2.74. The molecule has 28 heavy (non-hydrogen) atoms. The van der Waals surface area contributed by atoms with Crippen molar-refractivity contribution in [3.63, 3.8) is 0 Å². The van der Waals surface area contributed by atoms with Crippen LogP contribution in [-0.2, 0) is 0 Å². The van der Waals surface area contributed by atoms with Crippen LogP contribution in [0.15, 0.2) is 72.8 Å². The topological polar surface area (TPSA) is 67.3 Å². The Morgan fingerprint density at radius 3 is 2.32 bits per heavy atom. The standard InChI is InChI=1S/C23H17N3O2/c1-2-15-28-19-13-7-16(8-14-19)22-20-5-3-4-6-21(20)23(26-25-22)24-17-9-11-18(27)12-10-17/h1,3-14,27H,15H2,(H,24,26). The van der Waals surface area contributed by atoms with E-state index >= 15 is 0 Å². The van der Waals surface area contributed by atoms with E-state index in [0.717, 1.165) is 27.7 Å². The molecule has 136 valence electrons. The molecule has 5 nitrogen and oxygen atoms in total. The molecule has 3 aromatic carbocycles. The molecule has 0 unspecified atom stereocenters. The lowest BCUT2D eigenvalue weighted by molar-refractivity contribution is 0.370. The van der Waals surface area contributed by atoms with Crippen molar-refractivity contribution >= 4 is 22.3 Å². The Balaban J connectivity index is 1.71. The number of anilines is 2. The number of hydrogen-bond acceptors (Lipinski definition) is 5. The van der Waals surface area contributed by atoms with Gasteiger partial charge in [-0.25, -0.2) is 0 Å². The fourth-order valence-corrected chi connectivity index (χ4v) is 2.92. The molecule has 2 N–H and O–H groups in total. The van der Waals surface area contributed by atoms with Crippen molar-refractivity contribution in [2.75, 3.05) is 11.9 Å². The van der Waals surface area contributed by atoms with Crippen LogP contribution in [0.1, 0.15) is 0 Å². The number of phenols is 1. The number of rotatable bonds is 5. The number of phenolic OH excluding ortho intramolecular Hbond substituents is 1. The zero-order chi connectivity index (χ0) is 19.3. The Hall–Kier alpha value is -4.04. The number of aromatic hydroxyl groups is 1. The molecule has 0 aliphatic carbocycles. The van der Waals surface area contributed by atoms with Gasteiger partial charge >= 0.3 is 0 Å². The first-order valence-electron chi connectivity index (χ1n) is 8.73. The van der Waals surface area contributed by atoms with E-state index in [-0.39, 0.29) is 12.4 Å². The zero-order valence-corrected chi connectivity index (χ0v) is 15.0. The summed E-state index contributed by atoms with van der Waals surface area (Å²) in [5, 5.41) is 23.5. The van der Waals surface area contributed by atoms with E-state index in [0.29, 0.717) is 11.6 Å². The van der Waals surface area contributed by atoms with Crippen molar-refractivity contribution < 1.29 is 9.84 Å². The molecule has 0 atom stereocenters. The van der Waals surface area contributed by atoms with Gasteiger partial charge in [0.1, 0.15) is 23.8 Å². The molecule has 4 rings (SSSR count). The van der Waals surface area contributed by atoms with E-state index in [4.69, 9.17) is 11.2 Å². The van der Waals surface area contributed by atoms with Crippen LogP contribution in [0.25, 0.3) is 22.0 Å². The highest BCUT2D eigenvalue weighted by molar-refractivity contribution is 6.00. The maximum atomic E-state index is 9.45. The Labute approximate surface area is 162 Å². The van der Waals surface area contributed by atoms with E-state index < -0.39 is 0 Å². The Kier molecular flexibility index (Phi) is 4.77. The molecule has 0 radical (unpaired) electrons. The van der Waals surface area contributed by atoms with E-state index in [9.17, 15) is 5.11 Å². The Morgan fingerprint density at radius 1 is 0.893 bits per heavy atom. The van der Waals surface area contributed by atoms with Gasteiger partial charge in [0.2, 0.25) is 0 Å². The van der Waals surface area contributed by atoms with E-state index in [1.807, 2.05) is 48.5 Å². The highest BCUT2D eigenvalue weighted by atomic mass is 16.5. The van der Waals surface area contributed by atoms with E-state index in [2.05, 4.69) is 21.4 Å². The quantitative estimate of drug-likeness (QED) is 0.393. The average molecular weight is 367 g/mol. The lowest BCUT2D eigenvalue weighted by atomic mass is 10.0. The highest BCUT2D eigenvalue weighted by Crippen LogP contribution is 2.32. The molecule has 0 amide bonds. The van der Waals surface area contributed by atoms with E-state index in [1.165, 1.54) is 0 Å². The van der Waals surface area contributed by atoms with Gasteiger partial charge in [-0.15, -0.1) is 16.6 Å². The van der Waals surface area contributed by atoms with Gasteiger partial charge in [0.15, 0.2) is 5.82 Å². The molecule has 1 aromatic heterocycles. The fourth-order valence-electron chi connectivity index (χ4n) is 2.92. The molecule has 4 aromatic rings. The Bertz CT molecular complexity index is 1150. The highest BCUT2D eigenvalue weighted by Gasteiger charge is 2.11. The number of benzene rings is 3. The van der Waals surface area contributed by atoms with Crippen molar-refractivity contribution in [3.8, 4) is 35.1 Å². The molecule has 0 fully saturated rings. The lowest BCUT2D eigenvalue weighted by Crippen LogP contribution is -1.99. The van der Waals surface area contributed by atoms with Crippen LogP contribution in [0.4, 0.5) is 11.5 Å². The molecule has 0 spiro atoms. The SMILES string of the molecule is C#CCOc1ccc(-c2nnc(Nc3ccc(O)cc3)c3ccccc23)cc1. The third-order valence-electron chi connectivity index (χ3n) is 4.27. The number of nitrogens with one attached hydrogen (secondary N) is 1. The minimum atomic E-state index is 0.214. The van der Waals surface area contributed by atoms with Crippen LogP contribution in [0.2, 0.25) is 0 Å². The van der Waals surface area contributed by atoms with Gasteiger partial charge < -0.3 is 15.2 Å². The summed E-state index contributed by atoms with van der Waals surface area (Å²) in [6, 6.07) is 22.4. The van der Waals surface area contributed by atoms with Gasteiger partial charge in [-0.05, 0) is 48.5 Å². The summed E-state index contributed by atoms with van der Waals surface area (Å²) in [6.07, 6.45) is 5.22. The molecule has 0 saturated heterocycles. The van der Waals surface area contributed by atoms with Gasteiger partial charge in [-0.1, -0.05) is 30.2 Å². The zero-order valence-electron chi connectivity index (χ0n) is 15.0. The van der Waals surface area contributed by atoms with Crippen molar-refractivity contribution in [1.82, 2.24) is 10.2 Å². The number of terminal acetylenes is 1. The number of aromatic nitrogens is 2. The maximum absolute atomic E-state index is 9.45. The van der Waals surface area contributed by atoms with Gasteiger partial charge in [-0.3, -0.25) is 0 Å². The number of fused-ring (bicyclic) bond motifs is 1. The Morgan fingerprint density at radius 2 is 1.61 bits per heavy atom. The third kappa shape index (κ3) is 3.57. The summed E-state index contributed by atoms with van der Waals surface area (Å²) in [7, 11) is 0. The molecule has 1 heterocycles. The van der Waals surface area contributed by atoms with Crippen LogP contribution in [0.3, 0.4) is 0 Å². The first-order chi connectivity index (χ1) is 13.7. The molecule has 5 heteroatoms. The first-order valence-corrected chi connectivity index (χ1v) is 8.73. The van der Waals surface area contributed by atoms with Crippen molar-refractivity contribution in [1.29, 1.82) is 0 Å². The molecular weight excluding hydrogens is 350 g/mol. The van der Waals surface area contributed by atoms with Crippen LogP contribution < -0.4 is 10.1 Å². The maximum Gasteiger partial charge on any atom is 0.161 e. The number of hydrogen-bond donors (Lipinski definition) is 2. The van der Waals surface area contributed by atoms with Gasteiger partial charge in [0.05, 0.1) is 0 Å². The van der Waals surface area contributed by atoms with Crippen LogP contribution in [-0.4, -0.2) is 21.9 Å². The summed E-state index contributed by atoms with van der Waals surface area (Å²) in [4.78, 5) is 0. The second-order valence-electron chi connectivity index (χ2n) is 6.13. The van der Waals surface area contributed by atoms with Gasteiger partial charge in [0.25, 0.3) is 0 Å². The normalized spacial score (nSPS) is 10.4. The van der Waals surface area contributed by atoms with Crippen LogP contribution in [0.5, 0.6) is 11.5 Å². The van der Waals surface area contributed by atoms with Gasteiger partial charge in [-0.2, -0.15) is 0 Å². The fraction of sp³-hybridized carbons (Fsp3) is 0.0435. The predicted molar refractivity (Wildman–Crippen MR) is 111 cm³/mol. The molecular formula is C23H17N3O2. The third-order valence-corrected chi connectivity index (χ3v) is 4.27. The van der Waals surface area contributed by atoms with E-state index in [1.54, 1.807) is 24.3 Å². The van der Waals surface area contributed by atoms with Crippen molar-refractivity contribution in [2.24, 2.45) is 0 Å². The predicted octanol–water partition coefficient (Wildman–Crippen LogP) is 4.76. The van der Waals surface area contributed by atoms with Gasteiger partial charge in [0, 0.05) is 22.0 Å². The van der Waals surface area contributed by atoms with Crippen molar-refractivity contribution in [3.05, 3.63) is 72.8 Å². The smallest absolute Gasteiger partial charge is 0.161 e. The van der Waals surface area contributed by atoms with Crippen molar-refractivity contribution in [2.45, 2.75) is 0 Å². The summed E-state index contributed by atoms with van der Waals surface area (Å²) in [6.45, 7) is 0.236. The minimum absolute atomic E-state index is 0.214. The lowest BCUT2D eigenvalue weighted by Gasteiger charge is -2.11. The first kappa shape index (κ1) is 17.4. The summed E-state index contributed by atoms with van der Waals surface area (Å²) >= 11 is 0. The molecule has 0 bridgehead atoms. The van der Waals surface area contributed by atoms with Crippen LogP contribution in [0, 0.1) is 12.3 Å². The summed E-state index contributed by atoms with van der Waals surface area (Å²) < 4.78 is 5.43. The number of nitrogens with zero attached hydrogens (tertiary/aromatic N) is 2. The minimum Gasteiger partial charge on any atom is -0.508 e. The summed E-state index contributed by atoms with van der Waals surface area (Å²) in [5.41, 5.74) is 2.54. The molecule has 0 aliphatic rings. The molecule has 0 saturated carbocycles. The second-order valence-corrected chi connectivity index (χ2v) is 6.13. The summed E-state index contributed by atoms with van der Waals surface area (Å²) in [5.74, 6) is 4.03.